The van der Waals surface area contributed by atoms with Crippen molar-refractivity contribution in [2.45, 2.75) is 6.42 Å². The van der Waals surface area contributed by atoms with Crippen molar-refractivity contribution in [3.8, 4) is 0 Å². The van der Waals surface area contributed by atoms with Gasteiger partial charge in [-0.25, -0.2) is 0 Å². The van der Waals surface area contributed by atoms with Gasteiger partial charge in [0.05, 0.1) is 0 Å². The van der Waals surface area contributed by atoms with E-state index in [1.807, 2.05) is 16.6 Å². The van der Waals surface area contributed by atoms with Crippen LogP contribution >= 0.6 is 0 Å². The van der Waals surface area contributed by atoms with Crippen LogP contribution in [0.15, 0.2) is 33.9 Å². The first kappa shape index (κ1) is 13.0. The second-order valence-electron chi connectivity index (χ2n) is 3.71. The van der Waals surface area contributed by atoms with E-state index in [9.17, 15) is 9.59 Å². The molecule has 0 heterocycles. The SMILES string of the molecule is C=C(C=C[CH]=[W])Cc1c(N(C)C)c(=O)c1=O. The van der Waals surface area contributed by atoms with Gasteiger partial charge in [0.15, 0.2) is 0 Å². The molecule has 0 aliphatic carbocycles. The van der Waals surface area contributed by atoms with E-state index in [-0.39, 0.29) is 10.9 Å². The van der Waals surface area contributed by atoms with Gasteiger partial charge in [0, 0.05) is 0 Å². The Morgan fingerprint density at radius 3 is 2.50 bits per heavy atom. The maximum atomic E-state index is 11.4. The Bertz CT molecular complexity index is 519. The van der Waals surface area contributed by atoms with E-state index in [2.05, 4.69) is 6.58 Å². The molecule has 0 unspecified atom stereocenters. The molecule has 0 aliphatic rings. The van der Waals surface area contributed by atoms with Crippen LogP contribution in [0, 0.1) is 0 Å². The van der Waals surface area contributed by atoms with Gasteiger partial charge < -0.3 is 0 Å². The fraction of sp³-hybridized carbons (Fsp3) is 0.250. The first-order chi connectivity index (χ1) is 7.49. The Hall–Kier alpha value is -1.08. The first-order valence-electron chi connectivity index (χ1n) is 4.78. The first-order valence-corrected chi connectivity index (χ1v) is 6.47. The Kier molecular flexibility index (Phi) is 4.31. The zero-order chi connectivity index (χ0) is 12.3. The molecule has 0 saturated heterocycles. The average molecular weight is 387 g/mol. The molecular weight excluding hydrogens is 374 g/mol. The molecule has 0 amide bonds. The van der Waals surface area contributed by atoms with Gasteiger partial charge in [0.2, 0.25) is 0 Å². The zero-order valence-corrected chi connectivity index (χ0v) is 12.3. The van der Waals surface area contributed by atoms with Gasteiger partial charge in [0.25, 0.3) is 0 Å². The van der Waals surface area contributed by atoms with Crippen molar-refractivity contribution in [3.63, 3.8) is 0 Å². The van der Waals surface area contributed by atoms with Crippen LogP contribution in [0.1, 0.15) is 5.56 Å². The molecule has 3 nitrogen and oxygen atoms in total. The minimum atomic E-state index is -0.386. The number of hydrogen-bond donors (Lipinski definition) is 0. The molecule has 1 aromatic rings. The van der Waals surface area contributed by atoms with E-state index < -0.39 is 0 Å². The van der Waals surface area contributed by atoms with Gasteiger partial charge in [-0.1, -0.05) is 0 Å². The van der Waals surface area contributed by atoms with E-state index in [1.54, 1.807) is 19.0 Å². The Morgan fingerprint density at radius 1 is 1.38 bits per heavy atom. The van der Waals surface area contributed by atoms with Crippen molar-refractivity contribution in [1.82, 2.24) is 0 Å². The molecule has 1 aromatic carbocycles. The molecule has 0 fully saturated rings. The molecule has 0 atom stereocenters. The summed E-state index contributed by atoms with van der Waals surface area (Å²) < 4.78 is 1.97. The minimum absolute atomic E-state index is 0.371. The topological polar surface area (TPSA) is 37.4 Å². The number of rotatable bonds is 5. The Balaban J connectivity index is 2.91. The molecule has 16 heavy (non-hydrogen) atoms. The van der Waals surface area contributed by atoms with Gasteiger partial charge in [-0.3, -0.25) is 0 Å². The number of allylic oxidation sites excluding steroid dienone is 3. The van der Waals surface area contributed by atoms with Crippen molar-refractivity contribution in [3.05, 3.63) is 50.3 Å². The monoisotopic (exact) mass is 387 g/mol. The van der Waals surface area contributed by atoms with E-state index in [0.717, 1.165) is 5.57 Å². The van der Waals surface area contributed by atoms with Crippen LogP contribution in [0.3, 0.4) is 0 Å². The number of hydrogen-bond acceptors (Lipinski definition) is 3. The average Bonchev–Trinajstić information content (AvgIpc) is 2.24. The third-order valence-electron chi connectivity index (χ3n) is 2.24. The van der Waals surface area contributed by atoms with Crippen LogP contribution in [0.2, 0.25) is 0 Å². The van der Waals surface area contributed by atoms with Gasteiger partial charge in [-0.15, -0.1) is 0 Å². The molecule has 0 aliphatic heterocycles. The van der Waals surface area contributed by atoms with Crippen molar-refractivity contribution in [1.29, 1.82) is 0 Å². The second-order valence-corrected chi connectivity index (χ2v) is 4.69. The van der Waals surface area contributed by atoms with Crippen LogP contribution in [-0.4, -0.2) is 18.5 Å². The molecule has 4 heteroatoms. The Morgan fingerprint density at radius 2 is 2.00 bits per heavy atom. The summed E-state index contributed by atoms with van der Waals surface area (Å²) in [5.41, 5.74) is 1.18. The molecule has 0 radical (unpaired) electrons. The van der Waals surface area contributed by atoms with Crippen LogP contribution in [0.4, 0.5) is 5.69 Å². The summed E-state index contributed by atoms with van der Waals surface area (Å²) in [4.78, 5) is 24.4. The van der Waals surface area contributed by atoms with Gasteiger partial charge in [-0.05, 0) is 0 Å². The molecular formula is C12H13NO2W. The van der Waals surface area contributed by atoms with Crippen LogP contribution < -0.4 is 15.8 Å². The van der Waals surface area contributed by atoms with E-state index >= 15 is 0 Å². The summed E-state index contributed by atoms with van der Waals surface area (Å²) >= 11 is 1.36. The summed E-state index contributed by atoms with van der Waals surface area (Å²) in [5, 5.41) is 0. The fourth-order valence-corrected chi connectivity index (χ4v) is 1.81. The van der Waals surface area contributed by atoms with Crippen molar-refractivity contribution in [2.24, 2.45) is 0 Å². The molecule has 0 saturated carbocycles. The van der Waals surface area contributed by atoms with Crippen LogP contribution in [0.5, 0.6) is 0 Å². The summed E-state index contributed by atoms with van der Waals surface area (Å²) in [6, 6.07) is 0. The third-order valence-corrected chi connectivity index (χ3v) is 2.81. The summed E-state index contributed by atoms with van der Waals surface area (Å²) in [6.45, 7) is 3.85. The standard InChI is InChI=1S/C12H13NO2.W/c1-5-6-8(2)7-9-10(13(3)4)12(15)11(9)14;/h1,5-6H,2,7H2,3-4H3;. The predicted molar refractivity (Wildman–Crippen MR) is 63.7 cm³/mol. The van der Waals surface area contributed by atoms with E-state index in [4.69, 9.17) is 0 Å². The van der Waals surface area contributed by atoms with Crippen molar-refractivity contribution in [2.75, 3.05) is 19.0 Å². The summed E-state index contributed by atoms with van der Waals surface area (Å²) in [7, 11) is 3.53. The maximum absolute atomic E-state index is 11.4. The van der Waals surface area contributed by atoms with Crippen molar-refractivity contribution >= 4 is 10.1 Å². The number of anilines is 1. The zero-order valence-electron chi connectivity index (χ0n) is 9.32. The normalized spacial score (nSPS) is 10.9. The Labute approximate surface area is 105 Å². The van der Waals surface area contributed by atoms with Gasteiger partial charge >= 0.3 is 105 Å². The van der Waals surface area contributed by atoms with Gasteiger partial charge in [0.1, 0.15) is 0 Å². The molecule has 84 valence electrons. The number of nitrogens with zero attached hydrogens (tertiary/aromatic N) is 1. The van der Waals surface area contributed by atoms with Crippen LogP contribution in [0.25, 0.3) is 0 Å². The van der Waals surface area contributed by atoms with Crippen LogP contribution in [-0.2, 0) is 25.8 Å². The quantitative estimate of drug-likeness (QED) is 0.541. The molecule has 0 aromatic heterocycles. The second kappa shape index (κ2) is 5.31. The third kappa shape index (κ3) is 2.53. The fourth-order valence-electron chi connectivity index (χ4n) is 1.53. The summed E-state index contributed by atoms with van der Waals surface area (Å²) in [6.07, 6.45) is 4.22. The summed E-state index contributed by atoms with van der Waals surface area (Å²) in [5.74, 6) is 0. The molecule has 1 rings (SSSR count). The van der Waals surface area contributed by atoms with E-state index in [1.165, 1.54) is 19.4 Å². The van der Waals surface area contributed by atoms with Gasteiger partial charge in [-0.2, -0.15) is 0 Å². The predicted octanol–water partition coefficient (Wildman–Crippen LogP) is 0.353. The molecule has 0 bridgehead atoms. The van der Waals surface area contributed by atoms with Crippen molar-refractivity contribution < 1.29 is 19.4 Å². The molecule has 0 spiro atoms. The van der Waals surface area contributed by atoms with E-state index in [0.29, 0.717) is 17.7 Å². The molecule has 0 N–H and O–H groups in total.